The molecule has 0 bridgehead atoms. The zero-order valence-corrected chi connectivity index (χ0v) is 10.7. The Hall–Kier alpha value is -1.94. The molecule has 1 aliphatic rings. The van der Waals surface area contributed by atoms with Crippen LogP contribution < -0.4 is 10.5 Å². The van der Waals surface area contributed by atoms with Gasteiger partial charge < -0.3 is 10.5 Å². The average molecular weight is 258 g/mol. The van der Waals surface area contributed by atoms with Gasteiger partial charge in [-0.15, -0.1) is 0 Å². The summed E-state index contributed by atoms with van der Waals surface area (Å²) in [5.41, 5.74) is 7.73. The SMILES string of the molecule is Cc1ccc(C2(N)CCOc3cccnc32)cc1F. The fourth-order valence-corrected chi connectivity index (χ4v) is 2.43. The number of nitrogens with zero attached hydrogens (tertiary/aromatic N) is 1. The van der Waals surface area contributed by atoms with Crippen molar-refractivity contribution in [3.05, 3.63) is 59.2 Å². The van der Waals surface area contributed by atoms with Crippen LogP contribution in [0.5, 0.6) is 5.75 Å². The Labute approximate surface area is 111 Å². The Kier molecular flexibility index (Phi) is 2.75. The second kappa shape index (κ2) is 4.31. The van der Waals surface area contributed by atoms with E-state index in [0.29, 0.717) is 30.0 Å². The normalized spacial score (nSPS) is 21.6. The van der Waals surface area contributed by atoms with E-state index in [2.05, 4.69) is 4.98 Å². The highest BCUT2D eigenvalue weighted by atomic mass is 19.1. The lowest BCUT2D eigenvalue weighted by Gasteiger charge is -2.34. The van der Waals surface area contributed by atoms with Crippen LogP contribution in [0, 0.1) is 12.7 Å². The van der Waals surface area contributed by atoms with Crippen LogP contribution in [0.25, 0.3) is 0 Å². The van der Waals surface area contributed by atoms with Gasteiger partial charge in [-0.2, -0.15) is 0 Å². The lowest BCUT2D eigenvalue weighted by atomic mass is 9.82. The molecule has 0 radical (unpaired) electrons. The molecule has 1 atom stereocenters. The predicted molar refractivity (Wildman–Crippen MR) is 70.5 cm³/mol. The molecule has 0 saturated carbocycles. The van der Waals surface area contributed by atoms with Crippen LogP contribution in [0.3, 0.4) is 0 Å². The van der Waals surface area contributed by atoms with E-state index in [1.807, 2.05) is 12.1 Å². The van der Waals surface area contributed by atoms with Crippen LogP contribution >= 0.6 is 0 Å². The quantitative estimate of drug-likeness (QED) is 0.855. The van der Waals surface area contributed by atoms with Crippen molar-refractivity contribution in [2.24, 2.45) is 5.73 Å². The monoisotopic (exact) mass is 258 g/mol. The zero-order valence-electron chi connectivity index (χ0n) is 10.7. The maximum atomic E-state index is 13.8. The first-order chi connectivity index (χ1) is 9.11. The lowest BCUT2D eigenvalue weighted by molar-refractivity contribution is 0.232. The number of aromatic nitrogens is 1. The number of benzene rings is 1. The molecule has 0 aliphatic carbocycles. The molecule has 1 aliphatic heterocycles. The first kappa shape index (κ1) is 12.1. The summed E-state index contributed by atoms with van der Waals surface area (Å²) in [6.45, 7) is 2.24. The second-order valence-electron chi connectivity index (χ2n) is 4.88. The number of ether oxygens (including phenoxy) is 1. The van der Waals surface area contributed by atoms with Gasteiger partial charge in [-0.05, 0) is 36.2 Å². The van der Waals surface area contributed by atoms with Crippen molar-refractivity contribution in [2.45, 2.75) is 18.9 Å². The molecule has 1 aromatic heterocycles. The summed E-state index contributed by atoms with van der Waals surface area (Å²) < 4.78 is 19.3. The minimum Gasteiger partial charge on any atom is -0.491 e. The molecule has 4 heteroatoms. The topological polar surface area (TPSA) is 48.1 Å². The number of pyridine rings is 1. The maximum absolute atomic E-state index is 13.8. The van der Waals surface area contributed by atoms with Crippen molar-refractivity contribution < 1.29 is 9.13 Å². The molecule has 2 heterocycles. The predicted octanol–water partition coefficient (Wildman–Crippen LogP) is 2.51. The van der Waals surface area contributed by atoms with Gasteiger partial charge >= 0.3 is 0 Å². The van der Waals surface area contributed by atoms with Crippen LogP contribution in [-0.2, 0) is 5.54 Å². The molecular weight excluding hydrogens is 243 g/mol. The van der Waals surface area contributed by atoms with Crippen molar-refractivity contribution >= 4 is 0 Å². The third kappa shape index (κ3) is 1.88. The summed E-state index contributed by atoms with van der Waals surface area (Å²) in [7, 11) is 0. The number of aryl methyl sites for hydroxylation is 1. The number of hydrogen-bond donors (Lipinski definition) is 1. The van der Waals surface area contributed by atoms with Crippen LogP contribution in [-0.4, -0.2) is 11.6 Å². The van der Waals surface area contributed by atoms with E-state index in [9.17, 15) is 4.39 Å². The van der Waals surface area contributed by atoms with Gasteiger partial charge in [0.05, 0.1) is 12.1 Å². The minimum absolute atomic E-state index is 0.244. The van der Waals surface area contributed by atoms with E-state index >= 15 is 0 Å². The van der Waals surface area contributed by atoms with E-state index in [-0.39, 0.29) is 5.82 Å². The first-order valence-corrected chi connectivity index (χ1v) is 6.25. The van der Waals surface area contributed by atoms with Crippen LogP contribution in [0.4, 0.5) is 4.39 Å². The van der Waals surface area contributed by atoms with Crippen LogP contribution in [0.15, 0.2) is 36.5 Å². The number of hydrogen-bond acceptors (Lipinski definition) is 3. The Morgan fingerprint density at radius 1 is 1.37 bits per heavy atom. The van der Waals surface area contributed by atoms with E-state index in [1.165, 1.54) is 6.07 Å². The van der Waals surface area contributed by atoms with E-state index in [1.54, 1.807) is 25.3 Å². The Morgan fingerprint density at radius 3 is 3.00 bits per heavy atom. The molecule has 2 aromatic rings. The van der Waals surface area contributed by atoms with Gasteiger partial charge in [-0.1, -0.05) is 12.1 Å². The van der Waals surface area contributed by atoms with Gasteiger partial charge in [0.1, 0.15) is 17.3 Å². The average Bonchev–Trinajstić information content (AvgIpc) is 2.42. The molecule has 98 valence electrons. The first-order valence-electron chi connectivity index (χ1n) is 6.25. The van der Waals surface area contributed by atoms with Gasteiger partial charge in [-0.3, -0.25) is 4.98 Å². The summed E-state index contributed by atoms with van der Waals surface area (Å²) in [4.78, 5) is 4.33. The lowest BCUT2D eigenvalue weighted by Crippen LogP contribution is -2.43. The number of halogens is 1. The van der Waals surface area contributed by atoms with Crippen molar-refractivity contribution in [2.75, 3.05) is 6.61 Å². The standard InChI is InChI=1S/C15H15FN2O/c1-10-4-5-11(9-12(10)16)15(17)6-8-19-13-3-2-7-18-14(13)15/h2-5,7,9H,6,8,17H2,1H3. The number of rotatable bonds is 1. The smallest absolute Gasteiger partial charge is 0.143 e. The maximum Gasteiger partial charge on any atom is 0.143 e. The van der Waals surface area contributed by atoms with Gasteiger partial charge in [0.25, 0.3) is 0 Å². The van der Waals surface area contributed by atoms with Gasteiger partial charge in [-0.25, -0.2) is 4.39 Å². The van der Waals surface area contributed by atoms with Crippen molar-refractivity contribution in [1.82, 2.24) is 4.98 Å². The molecule has 1 aromatic carbocycles. The van der Waals surface area contributed by atoms with Crippen molar-refractivity contribution in [3.63, 3.8) is 0 Å². The third-order valence-electron chi connectivity index (χ3n) is 3.63. The molecule has 19 heavy (non-hydrogen) atoms. The zero-order chi connectivity index (χ0) is 13.5. The fourth-order valence-electron chi connectivity index (χ4n) is 2.43. The van der Waals surface area contributed by atoms with E-state index < -0.39 is 5.54 Å². The second-order valence-corrected chi connectivity index (χ2v) is 4.88. The molecule has 0 fully saturated rings. The Morgan fingerprint density at radius 2 is 2.21 bits per heavy atom. The molecule has 0 amide bonds. The number of nitrogens with two attached hydrogens (primary N) is 1. The summed E-state index contributed by atoms with van der Waals surface area (Å²) in [5, 5.41) is 0. The largest absolute Gasteiger partial charge is 0.491 e. The minimum atomic E-state index is -0.788. The Balaban J connectivity index is 2.16. The number of fused-ring (bicyclic) bond motifs is 1. The van der Waals surface area contributed by atoms with E-state index in [0.717, 1.165) is 5.56 Å². The summed E-state index contributed by atoms with van der Waals surface area (Å²) >= 11 is 0. The molecule has 3 nitrogen and oxygen atoms in total. The molecule has 2 N–H and O–H groups in total. The van der Waals surface area contributed by atoms with E-state index in [4.69, 9.17) is 10.5 Å². The Bertz CT molecular complexity index is 629. The van der Waals surface area contributed by atoms with Crippen LogP contribution in [0.2, 0.25) is 0 Å². The highest BCUT2D eigenvalue weighted by Crippen LogP contribution is 2.38. The summed E-state index contributed by atoms with van der Waals surface area (Å²) in [6, 6.07) is 8.76. The molecule has 3 rings (SSSR count). The molecular formula is C15H15FN2O. The highest BCUT2D eigenvalue weighted by molar-refractivity contribution is 5.44. The third-order valence-corrected chi connectivity index (χ3v) is 3.63. The highest BCUT2D eigenvalue weighted by Gasteiger charge is 2.37. The molecule has 0 saturated heterocycles. The summed E-state index contributed by atoms with van der Waals surface area (Å²) in [5.74, 6) is 0.434. The fraction of sp³-hybridized carbons (Fsp3) is 0.267. The molecule has 0 spiro atoms. The molecule has 1 unspecified atom stereocenters. The van der Waals surface area contributed by atoms with Crippen molar-refractivity contribution in [3.8, 4) is 5.75 Å². The van der Waals surface area contributed by atoms with Crippen molar-refractivity contribution in [1.29, 1.82) is 0 Å². The van der Waals surface area contributed by atoms with Gasteiger partial charge in [0, 0.05) is 12.6 Å². The van der Waals surface area contributed by atoms with Gasteiger partial charge in [0.2, 0.25) is 0 Å². The van der Waals surface area contributed by atoms with Gasteiger partial charge in [0.15, 0.2) is 0 Å². The summed E-state index contributed by atoms with van der Waals surface area (Å²) in [6.07, 6.45) is 2.26. The van der Waals surface area contributed by atoms with Crippen LogP contribution in [0.1, 0.15) is 23.2 Å².